The molecule has 1 aromatic carbocycles. The number of halogens is 3. The van der Waals surface area contributed by atoms with Crippen molar-refractivity contribution in [1.29, 1.82) is 0 Å². The Bertz CT molecular complexity index is 547. The zero-order valence-electron chi connectivity index (χ0n) is 12.0. The first-order valence-corrected chi connectivity index (χ1v) is 6.28. The quantitative estimate of drug-likeness (QED) is 0.619. The van der Waals surface area contributed by atoms with Crippen LogP contribution in [0.5, 0.6) is 0 Å². The largest absolute Gasteiger partial charge is 0.469 e. The molecular weight excluding hydrogens is 301 g/mol. The van der Waals surface area contributed by atoms with Crippen LogP contribution in [0.1, 0.15) is 23.5 Å². The molecule has 0 amide bonds. The van der Waals surface area contributed by atoms with E-state index in [0.29, 0.717) is 5.56 Å². The highest BCUT2D eigenvalue weighted by atomic mass is 19.4. The van der Waals surface area contributed by atoms with Crippen molar-refractivity contribution >= 4 is 11.9 Å². The third-order valence-corrected chi connectivity index (χ3v) is 2.89. The van der Waals surface area contributed by atoms with Crippen LogP contribution in [0.2, 0.25) is 0 Å². The molecule has 1 aromatic rings. The molecule has 0 heterocycles. The topological polar surface area (TPSA) is 52.6 Å². The monoisotopic (exact) mass is 316 g/mol. The lowest BCUT2D eigenvalue weighted by Crippen LogP contribution is -2.13. The Morgan fingerprint density at radius 3 is 2.18 bits per heavy atom. The van der Waals surface area contributed by atoms with Crippen LogP contribution in [-0.4, -0.2) is 26.2 Å². The van der Waals surface area contributed by atoms with Gasteiger partial charge in [0, 0.05) is 0 Å². The Morgan fingerprint density at radius 2 is 1.73 bits per heavy atom. The highest BCUT2D eigenvalue weighted by molar-refractivity contribution is 5.80. The highest BCUT2D eigenvalue weighted by Gasteiger charge is 2.30. The average molecular weight is 316 g/mol. The van der Waals surface area contributed by atoms with Crippen molar-refractivity contribution in [1.82, 2.24) is 0 Å². The van der Waals surface area contributed by atoms with Crippen molar-refractivity contribution < 1.29 is 32.2 Å². The van der Waals surface area contributed by atoms with E-state index in [4.69, 9.17) is 0 Å². The van der Waals surface area contributed by atoms with Crippen LogP contribution in [0.3, 0.4) is 0 Å². The molecule has 22 heavy (non-hydrogen) atoms. The molecule has 0 radical (unpaired) electrons. The summed E-state index contributed by atoms with van der Waals surface area (Å²) in [5.41, 5.74) is -0.473. The molecule has 4 nitrogen and oxygen atoms in total. The average Bonchev–Trinajstić information content (AvgIpc) is 2.50. The lowest BCUT2D eigenvalue weighted by Gasteiger charge is -2.12. The fourth-order valence-corrected chi connectivity index (χ4v) is 1.72. The summed E-state index contributed by atoms with van der Waals surface area (Å²) in [4.78, 5) is 22.7. The van der Waals surface area contributed by atoms with Gasteiger partial charge in [-0.2, -0.15) is 13.2 Å². The Morgan fingerprint density at radius 1 is 1.14 bits per heavy atom. The molecule has 120 valence electrons. The van der Waals surface area contributed by atoms with E-state index in [1.54, 1.807) is 0 Å². The molecule has 0 spiro atoms. The number of benzene rings is 1. The van der Waals surface area contributed by atoms with E-state index in [2.05, 4.69) is 9.47 Å². The molecule has 0 aliphatic heterocycles. The smallest absolute Gasteiger partial charge is 0.416 e. The maximum absolute atomic E-state index is 12.5. The van der Waals surface area contributed by atoms with Gasteiger partial charge in [0.1, 0.15) is 0 Å². The van der Waals surface area contributed by atoms with Crippen LogP contribution in [0.15, 0.2) is 36.4 Å². The summed E-state index contributed by atoms with van der Waals surface area (Å²) in [6.07, 6.45) is -1.69. The summed E-state index contributed by atoms with van der Waals surface area (Å²) in [6, 6.07) is 4.18. The van der Waals surface area contributed by atoms with Crippen molar-refractivity contribution in [3.8, 4) is 0 Å². The molecule has 0 saturated heterocycles. The first-order valence-electron chi connectivity index (χ1n) is 6.28. The van der Waals surface area contributed by atoms with E-state index in [-0.39, 0.29) is 6.42 Å². The van der Waals surface area contributed by atoms with E-state index in [0.717, 1.165) is 12.1 Å². The summed E-state index contributed by atoms with van der Waals surface area (Å²) in [5.74, 6) is -2.02. The zero-order chi connectivity index (χ0) is 16.8. The van der Waals surface area contributed by atoms with Crippen molar-refractivity contribution in [3.05, 3.63) is 47.5 Å². The number of rotatable bonds is 5. The van der Waals surface area contributed by atoms with E-state index >= 15 is 0 Å². The van der Waals surface area contributed by atoms with Crippen molar-refractivity contribution in [2.75, 3.05) is 14.2 Å². The van der Waals surface area contributed by atoms with Gasteiger partial charge in [0.25, 0.3) is 0 Å². The van der Waals surface area contributed by atoms with Crippen LogP contribution in [-0.2, 0) is 25.2 Å². The lowest BCUT2D eigenvalue weighted by atomic mass is 9.97. The maximum Gasteiger partial charge on any atom is 0.416 e. The molecule has 0 aromatic heterocycles. The minimum absolute atomic E-state index is 0.0510. The standard InChI is InChI=1S/C15H15F3O4/c1-21-13(19)5-3-4-12(14(20)22-2)10-6-8-11(9-7-10)15(16,17)18/h3-4,6-9,12H,5H2,1-2H3/b4-3-. The molecule has 0 N–H and O–H groups in total. The van der Waals surface area contributed by atoms with Gasteiger partial charge in [-0.05, 0) is 17.7 Å². The normalized spacial score (nSPS) is 13.0. The molecule has 1 unspecified atom stereocenters. The van der Waals surface area contributed by atoms with E-state index in [1.165, 1.54) is 38.5 Å². The molecule has 7 heteroatoms. The van der Waals surface area contributed by atoms with Gasteiger partial charge in [-0.15, -0.1) is 0 Å². The highest BCUT2D eigenvalue weighted by Crippen LogP contribution is 2.30. The van der Waals surface area contributed by atoms with Crippen molar-refractivity contribution in [2.24, 2.45) is 0 Å². The van der Waals surface area contributed by atoms with E-state index in [9.17, 15) is 22.8 Å². The zero-order valence-corrected chi connectivity index (χ0v) is 12.0. The minimum atomic E-state index is -4.44. The Balaban J connectivity index is 2.97. The second-order valence-electron chi connectivity index (χ2n) is 4.33. The Hall–Kier alpha value is -2.31. The van der Waals surface area contributed by atoms with Gasteiger partial charge in [-0.25, -0.2) is 0 Å². The number of hydrogen-bond acceptors (Lipinski definition) is 4. The summed E-state index contributed by atoms with van der Waals surface area (Å²) >= 11 is 0. The summed E-state index contributed by atoms with van der Waals surface area (Å²) in [5, 5.41) is 0. The van der Waals surface area contributed by atoms with Crippen LogP contribution >= 0.6 is 0 Å². The van der Waals surface area contributed by atoms with Crippen LogP contribution in [0.4, 0.5) is 13.2 Å². The van der Waals surface area contributed by atoms with Gasteiger partial charge in [0.2, 0.25) is 0 Å². The predicted molar refractivity (Wildman–Crippen MR) is 72.0 cm³/mol. The molecule has 0 bridgehead atoms. The second-order valence-corrected chi connectivity index (χ2v) is 4.33. The first-order chi connectivity index (χ1) is 10.3. The van der Waals surface area contributed by atoms with Gasteiger partial charge in [-0.3, -0.25) is 9.59 Å². The van der Waals surface area contributed by atoms with Crippen LogP contribution in [0.25, 0.3) is 0 Å². The number of carbonyl (C=O) groups is 2. The molecular formula is C15H15F3O4. The number of alkyl halides is 3. The van der Waals surface area contributed by atoms with Crippen LogP contribution in [0, 0.1) is 0 Å². The number of methoxy groups -OCH3 is 2. The maximum atomic E-state index is 12.5. The van der Waals surface area contributed by atoms with Gasteiger partial charge >= 0.3 is 18.1 Å². The second kappa shape index (κ2) is 7.63. The summed E-state index contributed by atoms with van der Waals surface area (Å²) in [6.45, 7) is 0. The molecule has 1 rings (SSSR count). The fourth-order valence-electron chi connectivity index (χ4n) is 1.72. The fraction of sp³-hybridized carbons (Fsp3) is 0.333. The predicted octanol–water partition coefficient (Wildman–Crippen LogP) is 3.08. The van der Waals surface area contributed by atoms with E-state index < -0.39 is 29.6 Å². The molecule has 1 atom stereocenters. The number of esters is 2. The minimum Gasteiger partial charge on any atom is -0.469 e. The third-order valence-electron chi connectivity index (χ3n) is 2.89. The number of carbonyl (C=O) groups excluding carboxylic acids is 2. The first kappa shape index (κ1) is 17.7. The van der Waals surface area contributed by atoms with Gasteiger partial charge in [0.15, 0.2) is 0 Å². The Kier molecular flexibility index (Phi) is 6.15. The molecule has 0 saturated carbocycles. The van der Waals surface area contributed by atoms with E-state index in [1.807, 2.05) is 0 Å². The summed E-state index contributed by atoms with van der Waals surface area (Å²) < 4.78 is 46.6. The van der Waals surface area contributed by atoms with Gasteiger partial charge in [0.05, 0.1) is 32.1 Å². The van der Waals surface area contributed by atoms with Gasteiger partial charge in [-0.1, -0.05) is 24.3 Å². The summed E-state index contributed by atoms with van der Waals surface area (Å²) in [7, 11) is 2.40. The molecule has 0 aliphatic rings. The number of ether oxygens (including phenoxy) is 2. The third kappa shape index (κ3) is 4.91. The van der Waals surface area contributed by atoms with Crippen molar-refractivity contribution in [2.45, 2.75) is 18.5 Å². The van der Waals surface area contributed by atoms with Crippen molar-refractivity contribution in [3.63, 3.8) is 0 Å². The van der Waals surface area contributed by atoms with Gasteiger partial charge < -0.3 is 9.47 Å². The van der Waals surface area contributed by atoms with Crippen LogP contribution < -0.4 is 0 Å². The lowest BCUT2D eigenvalue weighted by molar-refractivity contribution is -0.141. The molecule has 0 aliphatic carbocycles. The molecule has 0 fully saturated rings. The number of hydrogen-bond donors (Lipinski definition) is 0. The SMILES string of the molecule is COC(=O)C/C=C\C(C(=O)OC)c1ccc(C(F)(F)F)cc1. The Labute approximate surface area is 125 Å².